The van der Waals surface area contributed by atoms with Crippen LogP contribution in [0.2, 0.25) is 0 Å². The zero-order valence-corrected chi connectivity index (χ0v) is 11.2. The summed E-state index contributed by atoms with van der Waals surface area (Å²) in [5.41, 5.74) is 2.48. The molecule has 0 saturated heterocycles. The first-order valence-electron chi connectivity index (χ1n) is 6.27. The maximum Gasteiger partial charge on any atom is 0.147 e. The first-order chi connectivity index (χ1) is 9.24. The summed E-state index contributed by atoms with van der Waals surface area (Å²) in [6.07, 6.45) is 1.78. The Morgan fingerprint density at radius 1 is 1.26 bits per heavy atom. The second kappa shape index (κ2) is 5.96. The Labute approximate surface area is 113 Å². The maximum absolute atomic E-state index is 9.19. The van der Waals surface area contributed by atoms with Crippen molar-refractivity contribution in [1.29, 1.82) is 5.26 Å². The molecule has 0 saturated carbocycles. The topological polar surface area (TPSA) is 52.8 Å². The predicted molar refractivity (Wildman–Crippen MR) is 74.7 cm³/mol. The summed E-state index contributed by atoms with van der Waals surface area (Å²) in [4.78, 5) is 10.9. The van der Waals surface area contributed by atoms with Gasteiger partial charge in [-0.3, -0.25) is 4.98 Å². The van der Waals surface area contributed by atoms with Crippen molar-refractivity contribution in [2.24, 2.45) is 0 Å². The monoisotopic (exact) mass is 252 g/mol. The summed E-state index contributed by atoms with van der Waals surface area (Å²) in [7, 11) is 0. The minimum absolute atomic E-state index is 0.600. The molecule has 4 nitrogen and oxygen atoms in total. The number of rotatable bonds is 4. The van der Waals surface area contributed by atoms with Crippen LogP contribution in [0, 0.1) is 18.3 Å². The van der Waals surface area contributed by atoms with Crippen LogP contribution in [-0.4, -0.2) is 16.5 Å². The molecule has 2 aromatic heterocycles. The van der Waals surface area contributed by atoms with Crippen LogP contribution in [0.5, 0.6) is 0 Å². The van der Waals surface area contributed by atoms with Crippen LogP contribution >= 0.6 is 0 Å². The van der Waals surface area contributed by atoms with E-state index in [1.165, 1.54) is 0 Å². The molecule has 0 atom stereocenters. The molecule has 0 N–H and O–H groups in total. The molecule has 0 aliphatic heterocycles. The molecule has 0 amide bonds. The van der Waals surface area contributed by atoms with Gasteiger partial charge in [0.25, 0.3) is 0 Å². The lowest BCUT2D eigenvalue weighted by molar-refractivity contribution is 0.789. The van der Waals surface area contributed by atoms with Crippen molar-refractivity contribution in [3.05, 3.63) is 53.5 Å². The largest absolute Gasteiger partial charge is 0.350 e. The molecule has 0 aromatic carbocycles. The summed E-state index contributed by atoms with van der Waals surface area (Å²) in [6.45, 7) is 5.41. The van der Waals surface area contributed by atoms with Gasteiger partial charge in [0, 0.05) is 18.4 Å². The Kier molecular flexibility index (Phi) is 4.09. The molecule has 0 spiro atoms. The van der Waals surface area contributed by atoms with Crippen molar-refractivity contribution in [3.8, 4) is 6.07 Å². The summed E-state index contributed by atoms with van der Waals surface area (Å²) in [6, 6.07) is 11.7. The summed E-state index contributed by atoms with van der Waals surface area (Å²) in [5.74, 6) is 0.732. The van der Waals surface area contributed by atoms with Gasteiger partial charge in [0.1, 0.15) is 11.9 Å². The van der Waals surface area contributed by atoms with E-state index in [1.807, 2.05) is 44.2 Å². The van der Waals surface area contributed by atoms with Crippen molar-refractivity contribution in [2.75, 3.05) is 11.4 Å². The fraction of sp³-hybridized carbons (Fsp3) is 0.267. The minimum Gasteiger partial charge on any atom is -0.350 e. The number of aryl methyl sites for hydroxylation is 1. The summed E-state index contributed by atoms with van der Waals surface area (Å²) >= 11 is 0. The number of nitrogens with zero attached hydrogens (tertiary/aromatic N) is 4. The van der Waals surface area contributed by atoms with Gasteiger partial charge >= 0.3 is 0 Å². The van der Waals surface area contributed by atoms with Crippen molar-refractivity contribution < 1.29 is 0 Å². The van der Waals surface area contributed by atoms with Gasteiger partial charge in [0.15, 0.2) is 0 Å². The number of nitriles is 1. The van der Waals surface area contributed by atoms with Gasteiger partial charge in [0.05, 0.1) is 17.8 Å². The average molecular weight is 252 g/mol. The number of aromatic nitrogens is 2. The quantitative estimate of drug-likeness (QED) is 0.839. The molecule has 0 bridgehead atoms. The minimum atomic E-state index is 0.600. The summed E-state index contributed by atoms with van der Waals surface area (Å²) < 4.78 is 0. The lowest BCUT2D eigenvalue weighted by Gasteiger charge is -2.22. The van der Waals surface area contributed by atoms with E-state index >= 15 is 0 Å². The van der Waals surface area contributed by atoms with Crippen LogP contribution in [0.3, 0.4) is 0 Å². The zero-order chi connectivity index (χ0) is 13.7. The summed E-state index contributed by atoms with van der Waals surface area (Å²) in [5, 5.41) is 9.19. The Morgan fingerprint density at radius 3 is 2.74 bits per heavy atom. The van der Waals surface area contributed by atoms with E-state index in [0.717, 1.165) is 23.8 Å². The highest BCUT2D eigenvalue weighted by molar-refractivity contribution is 5.54. The number of hydrogen-bond donors (Lipinski definition) is 0. The molecule has 0 unspecified atom stereocenters. The lowest BCUT2D eigenvalue weighted by atomic mass is 10.2. The highest BCUT2D eigenvalue weighted by Gasteiger charge is 2.12. The molecule has 0 fully saturated rings. The molecular formula is C15H16N4. The van der Waals surface area contributed by atoms with E-state index in [0.29, 0.717) is 12.1 Å². The highest BCUT2D eigenvalue weighted by atomic mass is 15.2. The number of hydrogen-bond acceptors (Lipinski definition) is 4. The molecule has 4 heteroatoms. The van der Waals surface area contributed by atoms with E-state index in [9.17, 15) is 5.26 Å². The predicted octanol–water partition coefficient (Wildman–Crippen LogP) is 2.68. The molecule has 19 heavy (non-hydrogen) atoms. The normalized spacial score (nSPS) is 9.95. The van der Waals surface area contributed by atoms with Gasteiger partial charge in [-0.25, -0.2) is 4.98 Å². The van der Waals surface area contributed by atoms with Gasteiger partial charge in [0.2, 0.25) is 0 Å². The molecule has 2 aromatic rings. The van der Waals surface area contributed by atoms with E-state index in [4.69, 9.17) is 0 Å². The van der Waals surface area contributed by atoms with Crippen molar-refractivity contribution >= 4 is 5.82 Å². The molecule has 96 valence electrons. The lowest BCUT2D eigenvalue weighted by Crippen LogP contribution is -2.24. The SMILES string of the molecule is CCN(Cc1ccccn1)c1nc(C)ccc1C#N. The van der Waals surface area contributed by atoms with Crippen LogP contribution in [-0.2, 0) is 6.54 Å². The van der Waals surface area contributed by atoms with Crippen LogP contribution in [0.15, 0.2) is 36.5 Å². The fourth-order valence-electron chi connectivity index (χ4n) is 1.89. The molecule has 0 aliphatic rings. The molecular weight excluding hydrogens is 236 g/mol. The third-order valence-electron chi connectivity index (χ3n) is 2.90. The standard InChI is InChI=1S/C15H16N4/c1-3-19(11-14-6-4-5-9-17-14)15-13(10-16)8-7-12(2)18-15/h4-9H,3,11H2,1-2H3. The average Bonchev–Trinajstić information content (AvgIpc) is 2.46. The Morgan fingerprint density at radius 2 is 2.11 bits per heavy atom. The van der Waals surface area contributed by atoms with Gasteiger partial charge in [-0.05, 0) is 38.1 Å². The van der Waals surface area contributed by atoms with E-state index < -0.39 is 0 Å². The number of pyridine rings is 2. The second-order valence-electron chi connectivity index (χ2n) is 4.27. The zero-order valence-electron chi connectivity index (χ0n) is 11.2. The molecule has 0 radical (unpaired) electrons. The third-order valence-corrected chi connectivity index (χ3v) is 2.90. The Balaban J connectivity index is 2.32. The van der Waals surface area contributed by atoms with Gasteiger partial charge in [-0.1, -0.05) is 6.07 Å². The van der Waals surface area contributed by atoms with E-state index in [-0.39, 0.29) is 0 Å². The number of anilines is 1. The molecule has 0 aliphatic carbocycles. The first kappa shape index (κ1) is 13.0. The van der Waals surface area contributed by atoms with Crippen LogP contribution in [0.25, 0.3) is 0 Å². The Bertz CT molecular complexity index is 587. The van der Waals surface area contributed by atoms with E-state index in [2.05, 4.69) is 20.9 Å². The second-order valence-corrected chi connectivity index (χ2v) is 4.27. The maximum atomic E-state index is 9.19. The van der Waals surface area contributed by atoms with Crippen molar-refractivity contribution in [1.82, 2.24) is 9.97 Å². The van der Waals surface area contributed by atoms with Crippen LogP contribution < -0.4 is 4.90 Å². The van der Waals surface area contributed by atoms with Crippen molar-refractivity contribution in [3.63, 3.8) is 0 Å². The third kappa shape index (κ3) is 3.08. The molecule has 2 rings (SSSR count). The first-order valence-corrected chi connectivity index (χ1v) is 6.27. The van der Waals surface area contributed by atoms with Crippen LogP contribution in [0.1, 0.15) is 23.9 Å². The smallest absolute Gasteiger partial charge is 0.147 e. The Hall–Kier alpha value is -2.41. The van der Waals surface area contributed by atoms with Gasteiger partial charge < -0.3 is 4.90 Å². The highest BCUT2D eigenvalue weighted by Crippen LogP contribution is 2.19. The molecule has 2 heterocycles. The van der Waals surface area contributed by atoms with E-state index in [1.54, 1.807) is 6.20 Å². The fourth-order valence-corrected chi connectivity index (χ4v) is 1.89. The van der Waals surface area contributed by atoms with Gasteiger partial charge in [-0.2, -0.15) is 5.26 Å². The van der Waals surface area contributed by atoms with Crippen LogP contribution in [0.4, 0.5) is 5.82 Å². The van der Waals surface area contributed by atoms with Crippen molar-refractivity contribution in [2.45, 2.75) is 20.4 Å². The van der Waals surface area contributed by atoms with Gasteiger partial charge in [-0.15, -0.1) is 0 Å².